The van der Waals surface area contributed by atoms with Crippen molar-refractivity contribution >= 4 is 32.7 Å². The second-order valence-corrected chi connectivity index (χ2v) is 9.98. The number of fused-ring (bicyclic) bond motifs is 2. The van der Waals surface area contributed by atoms with Crippen LogP contribution >= 0.6 is 0 Å². The van der Waals surface area contributed by atoms with Crippen LogP contribution in [0, 0.1) is 0 Å². The Morgan fingerprint density at radius 3 is 2.53 bits per heavy atom. The minimum Gasteiger partial charge on any atom is -0.486 e. The maximum Gasteiger partial charge on any atom is 0.419 e. The van der Waals surface area contributed by atoms with Crippen LogP contribution in [0.4, 0.5) is 5.69 Å². The topological polar surface area (TPSA) is 129 Å². The molecule has 0 saturated carbocycles. The second kappa shape index (κ2) is 9.51. The highest BCUT2D eigenvalue weighted by Crippen LogP contribution is 2.32. The first-order valence-electron chi connectivity index (χ1n) is 11.2. The van der Waals surface area contributed by atoms with Crippen molar-refractivity contribution in [3.05, 3.63) is 82.8 Å². The van der Waals surface area contributed by atoms with E-state index in [0.717, 1.165) is 5.56 Å². The first-order chi connectivity index (χ1) is 17.3. The third-order valence-corrected chi connectivity index (χ3v) is 7.25. The third-order valence-electron chi connectivity index (χ3n) is 5.78. The third kappa shape index (κ3) is 4.83. The van der Waals surface area contributed by atoms with Gasteiger partial charge in [-0.3, -0.25) is 9.36 Å². The van der Waals surface area contributed by atoms with Crippen molar-refractivity contribution in [1.82, 2.24) is 9.29 Å². The number of nitrogens with zero attached hydrogens (tertiary/aromatic N) is 1. The number of aromatic nitrogens is 1. The van der Waals surface area contributed by atoms with Crippen molar-refractivity contribution in [3.8, 4) is 11.5 Å². The van der Waals surface area contributed by atoms with E-state index in [1.54, 1.807) is 18.2 Å². The number of ether oxygens (including phenoxy) is 2. The Kier molecular flexibility index (Phi) is 6.25. The van der Waals surface area contributed by atoms with Gasteiger partial charge in [0.25, 0.3) is 0 Å². The SMILES string of the molecule is Cn1c(=O)oc2cc(S(=O)(=O)N[C@H](Cc3ccccc3)C(=O)Nc3ccc4c(c3)OCCO4)ccc21. The number of amides is 1. The largest absolute Gasteiger partial charge is 0.486 e. The van der Waals surface area contributed by atoms with Gasteiger partial charge in [0.2, 0.25) is 15.9 Å². The van der Waals surface area contributed by atoms with Gasteiger partial charge in [-0.2, -0.15) is 4.72 Å². The van der Waals surface area contributed by atoms with Gasteiger partial charge < -0.3 is 19.2 Å². The maximum atomic E-state index is 13.3. The van der Waals surface area contributed by atoms with E-state index < -0.39 is 27.7 Å². The fraction of sp³-hybridized carbons (Fsp3) is 0.200. The number of hydrogen-bond donors (Lipinski definition) is 2. The van der Waals surface area contributed by atoms with Crippen LogP contribution in [0.1, 0.15) is 5.56 Å². The molecule has 3 aromatic carbocycles. The predicted octanol–water partition coefficient (Wildman–Crippen LogP) is 2.43. The molecule has 0 radical (unpaired) electrons. The Morgan fingerprint density at radius 1 is 1.00 bits per heavy atom. The molecular formula is C25H23N3O7S. The number of oxazole rings is 1. The van der Waals surface area contributed by atoms with Crippen LogP contribution in [0.3, 0.4) is 0 Å². The lowest BCUT2D eigenvalue weighted by molar-refractivity contribution is -0.117. The molecule has 0 unspecified atom stereocenters. The molecule has 0 spiro atoms. The number of nitrogens with one attached hydrogen (secondary N) is 2. The molecule has 0 bridgehead atoms. The first-order valence-corrected chi connectivity index (χ1v) is 12.6. The molecule has 186 valence electrons. The monoisotopic (exact) mass is 509 g/mol. The van der Waals surface area contributed by atoms with E-state index in [-0.39, 0.29) is 16.9 Å². The number of rotatable bonds is 7. The van der Waals surface area contributed by atoms with E-state index in [9.17, 15) is 18.0 Å². The second-order valence-electron chi connectivity index (χ2n) is 8.27. The van der Waals surface area contributed by atoms with Crippen LogP contribution in [0.25, 0.3) is 11.1 Å². The molecule has 0 aliphatic carbocycles. The molecule has 0 saturated heterocycles. The van der Waals surface area contributed by atoms with Crippen LogP contribution in [0.5, 0.6) is 11.5 Å². The summed E-state index contributed by atoms with van der Waals surface area (Å²) in [6.45, 7) is 0.838. The predicted molar refractivity (Wildman–Crippen MR) is 132 cm³/mol. The lowest BCUT2D eigenvalue weighted by Crippen LogP contribution is -2.45. The molecule has 1 aromatic heterocycles. The van der Waals surface area contributed by atoms with Crippen LogP contribution in [0.2, 0.25) is 0 Å². The van der Waals surface area contributed by atoms with Crippen molar-refractivity contribution in [1.29, 1.82) is 0 Å². The summed E-state index contributed by atoms with van der Waals surface area (Å²) >= 11 is 0. The molecule has 1 atom stereocenters. The maximum absolute atomic E-state index is 13.3. The molecule has 2 N–H and O–H groups in total. The summed E-state index contributed by atoms with van der Waals surface area (Å²) in [7, 11) is -2.63. The highest BCUT2D eigenvalue weighted by atomic mass is 32.2. The Bertz CT molecular complexity index is 1590. The molecule has 36 heavy (non-hydrogen) atoms. The van der Waals surface area contributed by atoms with E-state index in [4.69, 9.17) is 13.9 Å². The van der Waals surface area contributed by atoms with Gasteiger partial charge in [0.1, 0.15) is 19.3 Å². The van der Waals surface area contributed by atoms with Gasteiger partial charge in [-0.25, -0.2) is 13.2 Å². The van der Waals surface area contributed by atoms with Gasteiger partial charge in [0.05, 0.1) is 10.4 Å². The smallest absolute Gasteiger partial charge is 0.419 e. The van der Waals surface area contributed by atoms with Crippen LogP contribution in [-0.2, 0) is 28.3 Å². The molecule has 10 nitrogen and oxygen atoms in total. The Hall–Kier alpha value is -4.09. The summed E-state index contributed by atoms with van der Waals surface area (Å²) in [6.07, 6.45) is 0.110. The van der Waals surface area contributed by atoms with Crippen molar-refractivity contribution in [2.75, 3.05) is 18.5 Å². The van der Waals surface area contributed by atoms with Crippen LogP contribution < -0.4 is 25.3 Å². The van der Waals surface area contributed by atoms with Crippen molar-refractivity contribution < 1.29 is 27.1 Å². The lowest BCUT2D eigenvalue weighted by Gasteiger charge is -2.21. The zero-order chi connectivity index (χ0) is 25.3. The van der Waals surface area contributed by atoms with Gasteiger partial charge in [-0.15, -0.1) is 0 Å². The van der Waals surface area contributed by atoms with E-state index >= 15 is 0 Å². The fourth-order valence-corrected chi connectivity index (χ4v) is 5.14. The van der Waals surface area contributed by atoms with Gasteiger partial charge in [0.15, 0.2) is 17.1 Å². The Morgan fingerprint density at radius 2 is 1.75 bits per heavy atom. The molecule has 1 aliphatic heterocycles. The van der Waals surface area contributed by atoms with E-state index in [1.807, 2.05) is 30.3 Å². The van der Waals surface area contributed by atoms with Gasteiger partial charge >= 0.3 is 5.76 Å². The number of carbonyl (C=O) groups is 1. The van der Waals surface area contributed by atoms with Crippen LogP contribution in [0.15, 0.2) is 80.8 Å². The summed E-state index contributed by atoms with van der Waals surface area (Å²) in [4.78, 5) is 24.9. The summed E-state index contributed by atoms with van der Waals surface area (Å²) in [5, 5.41) is 2.76. The molecule has 11 heteroatoms. The standard InChI is InChI=1S/C25H23N3O7S/c1-28-20-9-8-18(15-22(20)35-25(28)30)36(31,32)27-19(13-16-5-3-2-4-6-16)24(29)26-17-7-10-21-23(14-17)34-12-11-33-21/h2-10,14-15,19,27H,11-13H2,1H3,(H,26,29)/t19-/m1/s1. The number of anilines is 1. The number of hydrogen-bond acceptors (Lipinski definition) is 7. The van der Waals surface area contributed by atoms with Crippen molar-refractivity contribution in [2.24, 2.45) is 7.05 Å². The molecular weight excluding hydrogens is 486 g/mol. The summed E-state index contributed by atoms with van der Waals surface area (Å²) in [6, 6.07) is 17.0. The minimum atomic E-state index is -4.15. The molecule has 1 amide bonds. The number of aryl methyl sites for hydroxylation is 1. The van der Waals surface area contributed by atoms with E-state index in [2.05, 4.69) is 10.0 Å². The summed E-state index contributed by atoms with van der Waals surface area (Å²) in [5.74, 6) is -0.0830. The zero-order valence-electron chi connectivity index (χ0n) is 19.3. The highest BCUT2D eigenvalue weighted by molar-refractivity contribution is 7.89. The van der Waals surface area contributed by atoms with Gasteiger partial charge in [-0.05, 0) is 36.2 Å². The number of sulfonamides is 1. The average Bonchev–Trinajstić information content (AvgIpc) is 3.16. The molecule has 0 fully saturated rings. The van der Waals surface area contributed by atoms with E-state index in [0.29, 0.717) is 35.9 Å². The zero-order valence-corrected chi connectivity index (χ0v) is 20.1. The number of carbonyl (C=O) groups excluding carboxylic acids is 1. The summed E-state index contributed by atoms with van der Waals surface area (Å²) in [5.41, 5.74) is 1.79. The van der Waals surface area contributed by atoms with Crippen molar-refractivity contribution in [3.63, 3.8) is 0 Å². The van der Waals surface area contributed by atoms with Gasteiger partial charge in [0, 0.05) is 24.9 Å². The number of benzene rings is 3. The summed E-state index contributed by atoms with van der Waals surface area (Å²) < 4.78 is 46.5. The quantitative estimate of drug-likeness (QED) is 0.392. The van der Waals surface area contributed by atoms with E-state index in [1.165, 1.54) is 29.8 Å². The minimum absolute atomic E-state index is 0.110. The van der Waals surface area contributed by atoms with Gasteiger partial charge in [-0.1, -0.05) is 30.3 Å². The van der Waals surface area contributed by atoms with Crippen molar-refractivity contribution in [2.45, 2.75) is 17.4 Å². The Balaban J connectivity index is 1.42. The Labute approximate surface area is 206 Å². The molecule has 2 heterocycles. The molecule has 5 rings (SSSR count). The first kappa shape index (κ1) is 23.6. The average molecular weight is 510 g/mol. The fourth-order valence-electron chi connectivity index (χ4n) is 3.92. The lowest BCUT2D eigenvalue weighted by atomic mass is 10.1. The molecule has 1 aliphatic rings. The normalized spacial score (nSPS) is 13.9. The highest BCUT2D eigenvalue weighted by Gasteiger charge is 2.27. The molecule has 4 aromatic rings. The van der Waals surface area contributed by atoms with Crippen LogP contribution in [-0.4, -0.2) is 38.1 Å².